The fourth-order valence-electron chi connectivity index (χ4n) is 1.87. The van der Waals surface area contributed by atoms with Crippen LogP contribution in [0.4, 0.5) is 0 Å². The van der Waals surface area contributed by atoms with Crippen LogP contribution in [0.1, 0.15) is 17.2 Å². The number of ether oxygens (including phenoxy) is 2. The largest absolute Gasteiger partial charge is 0.466 e. The van der Waals surface area contributed by atoms with Crippen molar-refractivity contribution in [3.05, 3.63) is 77.9 Å². The fraction of sp³-hybridized carbons (Fsp3) is 0.111. The van der Waals surface area contributed by atoms with Gasteiger partial charge in [-0.1, -0.05) is 60.7 Å². The van der Waals surface area contributed by atoms with E-state index in [0.29, 0.717) is 5.56 Å². The number of benzene rings is 2. The molecule has 2 rings (SSSR count). The molecular weight excluding hydrogens is 280 g/mol. The third-order valence-electron chi connectivity index (χ3n) is 2.96. The number of hydrogen-bond donors (Lipinski definition) is 0. The van der Waals surface area contributed by atoms with Crippen molar-refractivity contribution in [2.75, 3.05) is 7.11 Å². The molecule has 4 nitrogen and oxygen atoms in total. The van der Waals surface area contributed by atoms with Crippen molar-refractivity contribution in [3.63, 3.8) is 0 Å². The summed E-state index contributed by atoms with van der Waals surface area (Å²) in [7, 11) is 1.26. The lowest BCUT2D eigenvalue weighted by Crippen LogP contribution is -2.20. The zero-order chi connectivity index (χ0) is 15.8. The highest BCUT2D eigenvalue weighted by Gasteiger charge is 2.24. The van der Waals surface area contributed by atoms with Gasteiger partial charge in [-0.3, -0.25) is 0 Å². The molecule has 0 aliphatic heterocycles. The lowest BCUT2D eigenvalue weighted by atomic mass is 10.1. The van der Waals surface area contributed by atoms with Gasteiger partial charge in [0.15, 0.2) is 0 Å². The maximum absolute atomic E-state index is 11.9. The molecule has 0 saturated carbocycles. The number of carbonyl (C=O) groups is 2. The van der Waals surface area contributed by atoms with Gasteiger partial charge in [-0.25, -0.2) is 9.59 Å². The van der Waals surface area contributed by atoms with Gasteiger partial charge in [-0.2, -0.15) is 0 Å². The molecule has 2 aromatic carbocycles. The molecule has 0 aliphatic carbocycles. The molecule has 0 bridgehead atoms. The average Bonchev–Trinajstić information content (AvgIpc) is 2.59. The van der Waals surface area contributed by atoms with Gasteiger partial charge >= 0.3 is 11.9 Å². The molecule has 0 fully saturated rings. The summed E-state index contributed by atoms with van der Waals surface area (Å²) in [4.78, 5) is 23.7. The Morgan fingerprint density at radius 2 is 1.55 bits per heavy atom. The van der Waals surface area contributed by atoms with Gasteiger partial charge in [0.2, 0.25) is 6.10 Å². The Morgan fingerprint density at radius 1 is 0.955 bits per heavy atom. The van der Waals surface area contributed by atoms with E-state index in [0.717, 1.165) is 5.56 Å². The summed E-state index contributed by atoms with van der Waals surface area (Å²) in [5, 5.41) is 0. The topological polar surface area (TPSA) is 52.6 Å². The van der Waals surface area contributed by atoms with Crippen LogP contribution in [-0.2, 0) is 19.1 Å². The number of carbonyl (C=O) groups excluding carboxylic acids is 2. The first-order valence-electron chi connectivity index (χ1n) is 6.77. The van der Waals surface area contributed by atoms with E-state index in [1.165, 1.54) is 13.2 Å². The summed E-state index contributed by atoms with van der Waals surface area (Å²) < 4.78 is 9.90. The third kappa shape index (κ3) is 4.31. The standard InChI is InChI=1S/C18H16O4/c1-21-18(20)17(15-10-6-3-7-11-15)22-16(19)13-12-14-8-4-2-5-9-14/h2-13,17H,1H3/b13-12+/t17-/m0/s1. The van der Waals surface area contributed by atoms with E-state index >= 15 is 0 Å². The molecule has 0 aliphatic rings. The summed E-state index contributed by atoms with van der Waals surface area (Å²) in [5.41, 5.74) is 1.43. The van der Waals surface area contributed by atoms with E-state index in [4.69, 9.17) is 9.47 Å². The van der Waals surface area contributed by atoms with E-state index in [1.807, 2.05) is 36.4 Å². The number of hydrogen-bond acceptors (Lipinski definition) is 4. The SMILES string of the molecule is COC(=O)[C@@H](OC(=O)/C=C/c1ccccc1)c1ccccc1. The van der Waals surface area contributed by atoms with Crippen molar-refractivity contribution >= 4 is 18.0 Å². The molecule has 0 aromatic heterocycles. The molecular formula is C18H16O4. The maximum Gasteiger partial charge on any atom is 0.351 e. The quantitative estimate of drug-likeness (QED) is 0.628. The van der Waals surface area contributed by atoms with Gasteiger partial charge in [0.05, 0.1) is 7.11 Å². The Labute approximate surface area is 129 Å². The molecule has 2 aromatic rings. The van der Waals surface area contributed by atoms with Crippen LogP contribution in [0, 0.1) is 0 Å². The predicted octanol–water partition coefficient (Wildman–Crippen LogP) is 3.16. The summed E-state index contributed by atoms with van der Waals surface area (Å²) in [6, 6.07) is 18.1. The maximum atomic E-state index is 11.9. The Kier molecular flexibility index (Phi) is 5.49. The first kappa shape index (κ1) is 15.5. The molecule has 0 N–H and O–H groups in total. The normalized spacial score (nSPS) is 11.9. The molecule has 0 saturated heterocycles. The number of rotatable bonds is 5. The van der Waals surface area contributed by atoms with Gasteiger partial charge < -0.3 is 9.47 Å². The molecule has 0 spiro atoms. The molecule has 0 heterocycles. The van der Waals surface area contributed by atoms with Gasteiger partial charge in [0.1, 0.15) is 0 Å². The second-order valence-electron chi connectivity index (χ2n) is 4.49. The number of methoxy groups -OCH3 is 1. The molecule has 0 radical (unpaired) electrons. The fourth-order valence-corrected chi connectivity index (χ4v) is 1.87. The van der Waals surface area contributed by atoms with Crippen LogP contribution in [0.5, 0.6) is 0 Å². The van der Waals surface area contributed by atoms with Gasteiger partial charge in [-0.15, -0.1) is 0 Å². The van der Waals surface area contributed by atoms with E-state index in [9.17, 15) is 9.59 Å². The zero-order valence-corrected chi connectivity index (χ0v) is 12.1. The predicted molar refractivity (Wildman–Crippen MR) is 82.8 cm³/mol. The van der Waals surface area contributed by atoms with Crippen molar-refractivity contribution < 1.29 is 19.1 Å². The van der Waals surface area contributed by atoms with Crippen molar-refractivity contribution in [2.24, 2.45) is 0 Å². The Bertz CT molecular complexity index is 647. The third-order valence-corrected chi connectivity index (χ3v) is 2.96. The van der Waals surface area contributed by atoms with Gasteiger partial charge in [0, 0.05) is 11.6 Å². The van der Waals surface area contributed by atoms with Crippen LogP contribution in [0.2, 0.25) is 0 Å². The molecule has 0 unspecified atom stereocenters. The van der Waals surface area contributed by atoms with Crippen LogP contribution in [0.3, 0.4) is 0 Å². The van der Waals surface area contributed by atoms with Crippen LogP contribution in [0.25, 0.3) is 6.08 Å². The van der Waals surface area contributed by atoms with Crippen molar-refractivity contribution in [2.45, 2.75) is 6.10 Å². The van der Waals surface area contributed by atoms with E-state index < -0.39 is 18.0 Å². The lowest BCUT2D eigenvalue weighted by Gasteiger charge is -2.14. The van der Waals surface area contributed by atoms with Crippen molar-refractivity contribution in [3.8, 4) is 0 Å². The van der Waals surface area contributed by atoms with Crippen LogP contribution < -0.4 is 0 Å². The van der Waals surface area contributed by atoms with E-state index in [-0.39, 0.29) is 0 Å². The summed E-state index contributed by atoms with van der Waals surface area (Å²) in [6.45, 7) is 0. The second-order valence-corrected chi connectivity index (χ2v) is 4.49. The minimum absolute atomic E-state index is 0.566. The minimum Gasteiger partial charge on any atom is -0.466 e. The highest BCUT2D eigenvalue weighted by atomic mass is 16.6. The molecule has 22 heavy (non-hydrogen) atoms. The molecule has 4 heteroatoms. The van der Waals surface area contributed by atoms with Gasteiger partial charge in [0.25, 0.3) is 0 Å². The average molecular weight is 296 g/mol. The summed E-state index contributed by atoms with van der Waals surface area (Å²) in [5.74, 6) is -1.23. The van der Waals surface area contributed by atoms with Gasteiger partial charge in [-0.05, 0) is 11.6 Å². The molecule has 0 amide bonds. The van der Waals surface area contributed by atoms with Crippen molar-refractivity contribution in [1.82, 2.24) is 0 Å². The van der Waals surface area contributed by atoms with Crippen molar-refractivity contribution in [1.29, 1.82) is 0 Å². The highest BCUT2D eigenvalue weighted by Crippen LogP contribution is 2.19. The first-order valence-corrected chi connectivity index (χ1v) is 6.77. The Hall–Kier alpha value is -2.88. The zero-order valence-electron chi connectivity index (χ0n) is 12.1. The first-order chi connectivity index (χ1) is 10.7. The van der Waals surface area contributed by atoms with E-state index in [1.54, 1.807) is 30.3 Å². The van der Waals surface area contributed by atoms with Crippen LogP contribution in [-0.4, -0.2) is 19.0 Å². The van der Waals surface area contributed by atoms with Crippen LogP contribution in [0.15, 0.2) is 66.7 Å². The molecule has 112 valence electrons. The Morgan fingerprint density at radius 3 is 2.14 bits per heavy atom. The number of esters is 2. The second kappa shape index (κ2) is 7.78. The molecule has 1 atom stereocenters. The highest BCUT2D eigenvalue weighted by molar-refractivity contribution is 5.89. The summed E-state index contributed by atoms with van der Waals surface area (Å²) >= 11 is 0. The minimum atomic E-state index is -1.07. The smallest absolute Gasteiger partial charge is 0.351 e. The van der Waals surface area contributed by atoms with E-state index in [2.05, 4.69) is 0 Å². The lowest BCUT2D eigenvalue weighted by molar-refractivity contribution is -0.163. The monoisotopic (exact) mass is 296 g/mol. The van der Waals surface area contributed by atoms with Crippen LogP contribution >= 0.6 is 0 Å². The summed E-state index contributed by atoms with van der Waals surface area (Å²) in [6.07, 6.45) is 1.84. The Balaban J connectivity index is 2.09.